The lowest BCUT2D eigenvalue weighted by atomic mass is 10.1. The third-order valence-corrected chi connectivity index (χ3v) is 6.42. The zero-order valence-electron chi connectivity index (χ0n) is 20.9. The van der Waals surface area contributed by atoms with E-state index in [1.165, 1.54) is 0 Å². The van der Waals surface area contributed by atoms with Gasteiger partial charge in [0.05, 0.1) is 18.9 Å². The maximum Gasteiger partial charge on any atom is 0.246 e. The topological polar surface area (TPSA) is 69.5 Å². The molecule has 0 aliphatic carbocycles. The largest absolute Gasteiger partial charge is 0.496 e. The maximum atomic E-state index is 13.5. The monoisotopic (exact) mass is 494 g/mol. The number of carbonyl (C=O) groups is 1. The molecule has 1 aliphatic heterocycles. The van der Waals surface area contributed by atoms with Gasteiger partial charge < -0.3 is 14.4 Å². The Labute approximate surface area is 217 Å². The first-order chi connectivity index (χ1) is 18.2. The van der Waals surface area contributed by atoms with Crippen molar-refractivity contribution in [1.82, 2.24) is 19.7 Å². The fraction of sp³-hybridized carbons (Fsp3) is 0.233. The summed E-state index contributed by atoms with van der Waals surface area (Å²) >= 11 is 0. The van der Waals surface area contributed by atoms with Crippen LogP contribution < -0.4 is 4.74 Å². The molecule has 37 heavy (non-hydrogen) atoms. The summed E-state index contributed by atoms with van der Waals surface area (Å²) in [5.74, 6) is 0.672. The molecule has 1 fully saturated rings. The van der Waals surface area contributed by atoms with Gasteiger partial charge in [-0.3, -0.25) is 9.78 Å². The molecule has 0 saturated carbocycles. The lowest BCUT2D eigenvalue weighted by molar-refractivity contribution is -0.128. The van der Waals surface area contributed by atoms with E-state index in [9.17, 15) is 4.79 Å². The molecule has 7 nitrogen and oxygen atoms in total. The number of hydrogen-bond donors (Lipinski definition) is 0. The Bertz CT molecular complexity index is 1350. The zero-order chi connectivity index (χ0) is 25.5. The van der Waals surface area contributed by atoms with Gasteiger partial charge in [-0.15, -0.1) is 0 Å². The van der Waals surface area contributed by atoms with E-state index in [2.05, 4.69) is 4.98 Å². The highest BCUT2D eigenvalue weighted by Gasteiger charge is 2.23. The molecule has 0 N–H and O–H groups in total. The van der Waals surface area contributed by atoms with E-state index < -0.39 is 0 Å². The molecular formula is C30H30N4O3. The molecule has 1 aliphatic rings. The van der Waals surface area contributed by atoms with Gasteiger partial charge in [-0.2, -0.15) is 5.10 Å². The van der Waals surface area contributed by atoms with Gasteiger partial charge in [0.2, 0.25) is 5.91 Å². The Kier molecular flexibility index (Phi) is 7.72. The Morgan fingerprint density at radius 1 is 1.14 bits per heavy atom. The van der Waals surface area contributed by atoms with Crippen LogP contribution in [0.4, 0.5) is 0 Å². The van der Waals surface area contributed by atoms with Crippen LogP contribution in [0.25, 0.3) is 23.0 Å². The number of nitrogens with zero attached hydrogens (tertiary/aromatic N) is 4. The number of carbonyl (C=O) groups excluding carboxylic acids is 1. The molecule has 1 unspecified atom stereocenters. The van der Waals surface area contributed by atoms with E-state index >= 15 is 0 Å². The number of amides is 1. The number of rotatable bonds is 9. The number of benzene rings is 2. The van der Waals surface area contributed by atoms with Crippen LogP contribution in [0, 0.1) is 0 Å². The first-order valence-corrected chi connectivity index (χ1v) is 12.5. The molecule has 2 aromatic heterocycles. The minimum absolute atomic E-state index is 0.0406. The van der Waals surface area contributed by atoms with Crippen LogP contribution >= 0.6 is 0 Å². The smallest absolute Gasteiger partial charge is 0.246 e. The van der Waals surface area contributed by atoms with Crippen molar-refractivity contribution in [3.63, 3.8) is 0 Å². The summed E-state index contributed by atoms with van der Waals surface area (Å²) in [4.78, 5) is 19.6. The van der Waals surface area contributed by atoms with Crippen molar-refractivity contribution in [3.8, 4) is 22.7 Å². The molecule has 0 radical (unpaired) electrons. The second-order valence-electron chi connectivity index (χ2n) is 8.95. The van der Waals surface area contributed by atoms with Crippen molar-refractivity contribution in [2.45, 2.75) is 25.5 Å². The summed E-state index contributed by atoms with van der Waals surface area (Å²) in [7, 11) is 1.65. The van der Waals surface area contributed by atoms with Crippen LogP contribution in [0.2, 0.25) is 0 Å². The van der Waals surface area contributed by atoms with Gasteiger partial charge >= 0.3 is 0 Å². The molecule has 0 spiro atoms. The number of aromatic nitrogens is 3. The van der Waals surface area contributed by atoms with Gasteiger partial charge in [0, 0.05) is 61.1 Å². The lowest BCUT2D eigenvalue weighted by Crippen LogP contribution is -2.36. The normalized spacial score (nSPS) is 15.2. The van der Waals surface area contributed by atoms with E-state index in [4.69, 9.17) is 14.6 Å². The SMILES string of the molecule is COc1ccccc1CN(CC1CCCO1)C(=O)/C=C/c1cn(-c2ccccc2)nc1-c1cccnc1. The number of hydrogen-bond acceptors (Lipinski definition) is 5. The minimum Gasteiger partial charge on any atom is -0.496 e. The Morgan fingerprint density at radius 3 is 2.73 bits per heavy atom. The summed E-state index contributed by atoms with van der Waals surface area (Å²) in [6.45, 7) is 1.70. The molecule has 2 aromatic carbocycles. The average Bonchev–Trinajstić information content (AvgIpc) is 3.63. The van der Waals surface area contributed by atoms with Crippen molar-refractivity contribution in [1.29, 1.82) is 0 Å². The Hall–Kier alpha value is -4.23. The molecule has 4 aromatic rings. The first-order valence-electron chi connectivity index (χ1n) is 12.5. The summed E-state index contributed by atoms with van der Waals surface area (Å²) in [6.07, 6.45) is 10.9. The standard InChI is InChI=1S/C30H30N4O3/c1-36-28-14-6-5-9-24(28)20-33(22-27-13-8-18-37-27)29(35)16-15-25-21-34(26-11-3-2-4-12-26)32-30(25)23-10-7-17-31-19-23/h2-7,9-12,14-17,19,21,27H,8,13,18,20,22H2,1H3/b16-15+. The summed E-state index contributed by atoms with van der Waals surface area (Å²) in [6, 6.07) is 21.5. The van der Waals surface area contributed by atoms with Crippen molar-refractivity contribution in [3.05, 3.63) is 103 Å². The molecule has 1 saturated heterocycles. The predicted molar refractivity (Wildman–Crippen MR) is 143 cm³/mol. The lowest BCUT2D eigenvalue weighted by Gasteiger charge is -2.25. The van der Waals surface area contributed by atoms with Gasteiger partial charge in [0.1, 0.15) is 11.4 Å². The van der Waals surface area contributed by atoms with E-state index in [1.54, 1.807) is 25.6 Å². The number of pyridine rings is 1. The zero-order valence-corrected chi connectivity index (χ0v) is 20.9. The van der Waals surface area contributed by atoms with Gasteiger partial charge in [-0.1, -0.05) is 36.4 Å². The summed E-state index contributed by atoms with van der Waals surface area (Å²) in [5.41, 5.74) is 4.37. The van der Waals surface area contributed by atoms with Crippen LogP contribution in [0.1, 0.15) is 24.0 Å². The van der Waals surface area contributed by atoms with Gasteiger partial charge in [0.25, 0.3) is 0 Å². The minimum atomic E-state index is -0.0917. The van der Waals surface area contributed by atoms with Crippen molar-refractivity contribution < 1.29 is 14.3 Å². The fourth-order valence-corrected chi connectivity index (χ4v) is 4.52. The quantitative estimate of drug-likeness (QED) is 0.301. The van der Waals surface area contributed by atoms with Crippen LogP contribution in [-0.4, -0.2) is 51.9 Å². The molecule has 5 rings (SSSR count). The van der Waals surface area contributed by atoms with E-state index in [0.29, 0.717) is 13.1 Å². The number of methoxy groups -OCH3 is 1. The average molecular weight is 495 g/mol. The molecule has 188 valence electrons. The summed E-state index contributed by atoms with van der Waals surface area (Å²) in [5, 5.41) is 4.81. The van der Waals surface area contributed by atoms with E-state index in [1.807, 2.05) is 88.6 Å². The van der Waals surface area contributed by atoms with Crippen molar-refractivity contribution >= 4 is 12.0 Å². The second-order valence-corrected chi connectivity index (χ2v) is 8.95. The highest BCUT2D eigenvalue weighted by Crippen LogP contribution is 2.25. The molecular weight excluding hydrogens is 464 g/mol. The third kappa shape index (κ3) is 5.95. The molecule has 3 heterocycles. The van der Waals surface area contributed by atoms with Gasteiger partial charge in [-0.05, 0) is 49.2 Å². The van der Waals surface area contributed by atoms with Gasteiger partial charge in [0.15, 0.2) is 0 Å². The number of ether oxygens (including phenoxy) is 2. The first kappa shape index (κ1) is 24.5. The molecule has 0 bridgehead atoms. The molecule has 1 amide bonds. The van der Waals surface area contributed by atoms with E-state index in [0.717, 1.165) is 53.3 Å². The second kappa shape index (κ2) is 11.7. The predicted octanol–water partition coefficient (Wildman–Crippen LogP) is 5.16. The van der Waals surface area contributed by atoms with Crippen LogP contribution in [-0.2, 0) is 16.1 Å². The molecule has 1 atom stereocenters. The Morgan fingerprint density at radius 2 is 1.97 bits per heavy atom. The van der Waals surface area contributed by atoms with Crippen molar-refractivity contribution in [2.75, 3.05) is 20.3 Å². The van der Waals surface area contributed by atoms with Crippen molar-refractivity contribution in [2.24, 2.45) is 0 Å². The summed E-state index contributed by atoms with van der Waals surface area (Å²) < 4.78 is 13.2. The van der Waals surface area contributed by atoms with Crippen LogP contribution in [0.5, 0.6) is 5.75 Å². The third-order valence-electron chi connectivity index (χ3n) is 6.42. The fourth-order valence-electron chi connectivity index (χ4n) is 4.52. The Balaban J connectivity index is 1.44. The maximum absolute atomic E-state index is 13.5. The highest BCUT2D eigenvalue weighted by atomic mass is 16.5. The van der Waals surface area contributed by atoms with E-state index in [-0.39, 0.29) is 12.0 Å². The molecule has 7 heteroatoms. The number of para-hydroxylation sites is 2. The van der Waals surface area contributed by atoms with Crippen LogP contribution in [0.3, 0.4) is 0 Å². The van der Waals surface area contributed by atoms with Crippen LogP contribution in [0.15, 0.2) is 91.4 Å². The highest BCUT2D eigenvalue weighted by molar-refractivity contribution is 5.93. The van der Waals surface area contributed by atoms with Gasteiger partial charge in [-0.25, -0.2) is 4.68 Å².